The molecule has 0 unspecified atom stereocenters. The molecule has 28 valence electrons. The van der Waals surface area contributed by atoms with Gasteiger partial charge in [-0.25, -0.2) is 0 Å². The van der Waals surface area contributed by atoms with Crippen LogP contribution < -0.4 is 0 Å². The van der Waals surface area contributed by atoms with E-state index in [-0.39, 0.29) is 54.7 Å². The summed E-state index contributed by atoms with van der Waals surface area (Å²) < 4.78 is 0. The van der Waals surface area contributed by atoms with Gasteiger partial charge in [-0.1, -0.05) is 0 Å². The summed E-state index contributed by atoms with van der Waals surface area (Å²) in [5.74, 6) is 0. The molecule has 0 atom stereocenters. The Bertz CT molecular complexity index is 6.00. The molecule has 0 amide bonds. The van der Waals surface area contributed by atoms with Crippen molar-refractivity contribution in [2.75, 3.05) is 0 Å². The van der Waals surface area contributed by atoms with Crippen molar-refractivity contribution in [1.82, 2.24) is 0 Å². The van der Waals surface area contributed by atoms with Crippen LogP contribution >= 0.6 is 0 Å². The fourth-order valence-electron chi connectivity index (χ4n) is 0. The summed E-state index contributed by atoms with van der Waals surface area (Å²) in [6.07, 6.45) is 0. The Balaban J connectivity index is 0. The van der Waals surface area contributed by atoms with E-state index < -0.39 is 0 Å². The van der Waals surface area contributed by atoms with E-state index in [1.165, 1.54) is 0 Å². The molecule has 0 aromatic rings. The second kappa shape index (κ2) is 27.0. The molecule has 0 aromatic carbocycles. The van der Waals surface area contributed by atoms with Crippen LogP contribution in [0.2, 0.25) is 0 Å². The molecule has 2 nitrogen and oxygen atoms in total. The molecule has 0 aliphatic heterocycles. The van der Waals surface area contributed by atoms with Gasteiger partial charge in [0.25, 0.3) is 0 Å². The number of hydrogen-bond donors (Lipinski definition) is 0. The van der Waals surface area contributed by atoms with Crippen LogP contribution in [0.5, 0.6) is 0 Å². The summed E-state index contributed by atoms with van der Waals surface area (Å²) in [5.41, 5.74) is 0. The summed E-state index contributed by atoms with van der Waals surface area (Å²) in [6, 6.07) is 0. The first-order valence-corrected chi connectivity index (χ1v) is 0. The third-order valence-corrected chi connectivity index (χ3v) is 0. The Hall–Kier alpha value is 1.34. The quantitative estimate of drug-likeness (QED) is 0.427. The van der Waals surface area contributed by atoms with E-state index in [1.54, 1.807) is 0 Å². The van der Waals surface area contributed by atoms with Gasteiger partial charge in [-0.15, -0.1) is 0 Å². The van der Waals surface area contributed by atoms with E-state index in [1.807, 2.05) is 0 Å². The largest absolute Gasteiger partial charge is 0.412 e. The summed E-state index contributed by atoms with van der Waals surface area (Å²) in [7, 11) is 0. The van der Waals surface area contributed by atoms with Crippen LogP contribution in [0.4, 0.5) is 0 Å². The van der Waals surface area contributed by atoms with E-state index in [0.717, 1.165) is 0 Å². The van der Waals surface area contributed by atoms with E-state index in [4.69, 9.17) is 0 Å². The van der Waals surface area contributed by atoms with Crippen LogP contribution in [0, 0.1) is 0 Å². The van der Waals surface area contributed by atoms with Crippen molar-refractivity contribution in [3.63, 3.8) is 0 Å². The van der Waals surface area contributed by atoms with Crippen molar-refractivity contribution in [3.05, 3.63) is 0 Å². The molecule has 0 saturated heterocycles. The van der Waals surface area contributed by atoms with Gasteiger partial charge >= 0.3 is 0 Å². The number of hydrogen-bond acceptors (Lipinski definition) is 0. The third-order valence-electron chi connectivity index (χ3n) is 0. The monoisotopic (exact) mass is 208 g/mol. The number of rotatable bonds is 0. The van der Waals surface area contributed by atoms with Crippen LogP contribution in [0.3, 0.4) is 0 Å². The van der Waals surface area contributed by atoms with Crippen LogP contribution in [0.1, 0.15) is 0 Å². The Kier molecular flexibility index (Phi) is 380. The van der Waals surface area contributed by atoms with Gasteiger partial charge in [0.15, 0.2) is 0 Å². The summed E-state index contributed by atoms with van der Waals surface area (Å²) in [6.45, 7) is 0. The van der Waals surface area contributed by atoms with Gasteiger partial charge in [-0.05, 0) is 0 Å². The zero-order chi connectivity index (χ0) is 0. The molecule has 0 aliphatic carbocycles. The zero-order valence-corrected chi connectivity index (χ0v) is 7.05. The van der Waals surface area contributed by atoms with Gasteiger partial charge in [0.1, 0.15) is 0 Å². The van der Waals surface area contributed by atoms with Crippen molar-refractivity contribution >= 4 is 0 Å². The van der Waals surface area contributed by atoms with E-state index >= 15 is 0 Å². The van der Waals surface area contributed by atoms with Crippen molar-refractivity contribution in [2.45, 2.75) is 0 Å². The van der Waals surface area contributed by atoms with Gasteiger partial charge < -0.3 is 11.0 Å². The molecule has 0 bridgehead atoms. The van der Waals surface area contributed by atoms with Crippen LogP contribution in [0.25, 0.3) is 0 Å². The molecule has 0 aromatic heterocycles. The predicted octanol–water partition coefficient (Wildman–Crippen LogP) is -1.65. The minimum atomic E-state index is 0. The molecule has 0 rings (SSSR count). The van der Waals surface area contributed by atoms with Crippen LogP contribution in [0.15, 0.2) is 0 Å². The molecule has 0 heterocycles. The van der Waals surface area contributed by atoms with Crippen LogP contribution in [-0.4, -0.2) is 11.0 Å². The van der Waals surface area contributed by atoms with Crippen molar-refractivity contribution < 1.29 is 54.7 Å². The molecular formula is H4CdNiO2. The zero-order valence-electron chi connectivity index (χ0n) is 2.02. The minimum Gasteiger partial charge on any atom is -0.412 e. The molecule has 0 radical (unpaired) electrons. The van der Waals surface area contributed by atoms with Gasteiger partial charge in [-0.3, -0.25) is 0 Å². The van der Waals surface area contributed by atoms with E-state index in [2.05, 4.69) is 0 Å². The Labute approximate surface area is 54.7 Å². The first-order chi connectivity index (χ1) is 0. The van der Waals surface area contributed by atoms with Crippen molar-refractivity contribution in [3.8, 4) is 0 Å². The van der Waals surface area contributed by atoms with Crippen molar-refractivity contribution in [2.24, 2.45) is 0 Å². The summed E-state index contributed by atoms with van der Waals surface area (Å²) in [4.78, 5) is 0. The Morgan fingerprint density at radius 3 is 0.750 bits per heavy atom. The normalized spacial score (nSPS) is 0. The SMILES string of the molecule is O.O.[Cd].[Ni]. The fraction of sp³-hybridized carbons (Fsp3) is 0. The van der Waals surface area contributed by atoms with Gasteiger partial charge in [-0.2, -0.15) is 0 Å². The second-order valence-corrected chi connectivity index (χ2v) is 0. The Morgan fingerprint density at radius 1 is 0.750 bits per heavy atom. The van der Waals surface area contributed by atoms with Crippen molar-refractivity contribution in [1.29, 1.82) is 0 Å². The van der Waals surface area contributed by atoms with Gasteiger partial charge in [0, 0.05) is 43.8 Å². The smallest absolute Gasteiger partial charge is 0 e. The third kappa shape index (κ3) is 10.2. The first-order valence-electron chi connectivity index (χ1n) is 0. The average Bonchev–Trinajstić information content (AvgIpc) is 0. The molecular weight excluding hydrogens is 203 g/mol. The average molecular weight is 207 g/mol. The minimum absolute atomic E-state index is 0. The van der Waals surface area contributed by atoms with Crippen LogP contribution in [-0.2, 0) is 43.8 Å². The first kappa shape index (κ1) is 56.2. The van der Waals surface area contributed by atoms with E-state index in [9.17, 15) is 0 Å². The fourth-order valence-corrected chi connectivity index (χ4v) is 0. The molecule has 4 heteroatoms. The molecule has 0 spiro atoms. The summed E-state index contributed by atoms with van der Waals surface area (Å²) in [5, 5.41) is 0. The predicted molar refractivity (Wildman–Crippen MR) is 7.23 cm³/mol. The second-order valence-electron chi connectivity index (χ2n) is 0. The standard InChI is InChI=1S/Cd.Ni.2H2O/h;;2*1H2. The molecule has 0 saturated carbocycles. The molecule has 0 aliphatic rings. The topological polar surface area (TPSA) is 63.0 Å². The van der Waals surface area contributed by atoms with Gasteiger partial charge in [0.05, 0.1) is 0 Å². The van der Waals surface area contributed by atoms with E-state index in [0.29, 0.717) is 0 Å². The molecule has 4 heavy (non-hydrogen) atoms. The molecule has 0 fully saturated rings. The van der Waals surface area contributed by atoms with Gasteiger partial charge in [0.2, 0.25) is 0 Å². The molecule has 4 N–H and O–H groups in total. The Morgan fingerprint density at radius 2 is 0.750 bits per heavy atom. The maximum absolute atomic E-state index is 0. The maximum Gasteiger partial charge on any atom is 0 e. The maximum atomic E-state index is 0. The summed E-state index contributed by atoms with van der Waals surface area (Å²) >= 11 is 0.